The molecule has 2 N–H and O–H groups in total. The van der Waals surface area contributed by atoms with Crippen LogP contribution in [0.3, 0.4) is 0 Å². The fourth-order valence-electron chi connectivity index (χ4n) is 2.08. The van der Waals surface area contributed by atoms with E-state index in [9.17, 15) is 14.3 Å². The minimum atomic E-state index is -0.281. The number of aliphatic hydroxyl groups is 1. The van der Waals surface area contributed by atoms with Gasteiger partial charge in [-0.05, 0) is 30.0 Å². The highest BCUT2D eigenvalue weighted by Crippen LogP contribution is 2.30. The van der Waals surface area contributed by atoms with E-state index in [-0.39, 0.29) is 23.5 Å². The Bertz CT molecular complexity index is 525. The van der Waals surface area contributed by atoms with Crippen LogP contribution in [0.4, 0.5) is 4.39 Å². The third-order valence-electron chi connectivity index (χ3n) is 3.08. The summed E-state index contributed by atoms with van der Waals surface area (Å²) in [6.07, 6.45) is 0.720. The molecule has 1 atom stereocenters. The zero-order valence-electron chi connectivity index (χ0n) is 11.5. The smallest absolute Gasteiger partial charge is 0.261 e. The number of hydrogen-bond acceptors (Lipinski definition) is 3. The Balaban J connectivity index is 2.02. The standard InChI is InChI=1S/C15H18FNO2S/c1-9(2)7-12-13(18)14(15(19)17-12)20-8-10-3-5-11(16)6-4-10/h3-6,9,12,18H,7-8H2,1-2H3,(H,17,19). The van der Waals surface area contributed by atoms with Gasteiger partial charge in [-0.3, -0.25) is 4.79 Å². The quantitative estimate of drug-likeness (QED) is 0.875. The number of halogens is 1. The van der Waals surface area contributed by atoms with Crippen LogP contribution in [-0.2, 0) is 10.5 Å². The molecule has 1 amide bonds. The molecule has 1 aliphatic heterocycles. The number of rotatable bonds is 5. The Labute approximate surface area is 122 Å². The molecule has 20 heavy (non-hydrogen) atoms. The van der Waals surface area contributed by atoms with E-state index in [1.165, 1.54) is 23.9 Å². The Morgan fingerprint density at radius 2 is 2.00 bits per heavy atom. The minimum absolute atomic E-state index is 0.135. The van der Waals surface area contributed by atoms with Crippen molar-refractivity contribution in [3.63, 3.8) is 0 Å². The average molecular weight is 295 g/mol. The molecule has 0 fully saturated rings. The van der Waals surface area contributed by atoms with Crippen LogP contribution in [0.2, 0.25) is 0 Å². The molecule has 1 heterocycles. The topological polar surface area (TPSA) is 49.3 Å². The first-order chi connectivity index (χ1) is 9.47. The lowest BCUT2D eigenvalue weighted by molar-refractivity contribution is -0.116. The van der Waals surface area contributed by atoms with Crippen LogP contribution < -0.4 is 5.32 Å². The van der Waals surface area contributed by atoms with Gasteiger partial charge in [0.05, 0.1) is 6.04 Å². The fourth-order valence-corrected chi connectivity index (χ4v) is 3.07. The fraction of sp³-hybridized carbons (Fsp3) is 0.400. The van der Waals surface area contributed by atoms with E-state index < -0.39 is 0 Å². The van der Waals surface area contributed by atoms with Crippen LogP contribution >= 0.6 is 11.8 Å². The van der Waals surface area contributed by atoms with Crippen LogP contribution in [0.5, 0.6) is 0 Å². The molecule has 0 bridgehead atoms. The van der Waals surface area contributed by atoms with Crippen molar-refractivity contribution < 1.29 is 14.3 Å². The van der Waals surface area contributed by atoms with Crippen molar-refractivity contribution in [1.82, 2.24) is 5.32 Å². The van der Waals surface area contributed by atoms with Gasteiger partial charge in [-0.25, -0.2) is 4.39 Å². The van der Waals surface area contributed by atoms with E-state index in [2.05, 4.69) is 5.32 Å². The van der Waals surface area contributed by atoms with Gasteiger partial charge in [0, 0.05) is 5.75 Å². The van der Waals surface area contributed by atoms with Gasteiger partial charge in [-0.2, -0.15) is 0 Å². The molecule has 0 aromatic heterocycles. The molecule has 1 aliphatic rings. The number of amides is 1. The summed E-state index contributed by atoms with van der Waals surface area (Å²) < 4.78 is 12.8. The highest BCUT2D eigenvalue weighted by Gasteiger charge is 2.32. The number of benzene rings is 1. The Kier molecular flexibility index (Phi) is 4.70. The molecule has 5 heteroatoms. The Hall–Kier alpha value is -1.49. The highest BCUT2D eigenvalue weighted by molar-refractivity contribution is 8.03. The van der Waals surface area contributed by atoms with Crippen molar-refractivity contribution in [2.45, 2.75) is 32.1 Å². The first-order valence-corrected chi connectivity index (χ1v) is 7.57. The van der Waals surface area contributed by atoms with Crippen LogP contribution in [0.15, 0.2) is 34.9 Å². The van der Waals surface area contributed by atoms with Gasteiger partial charge >= 0.3 is 0 Å². The molecule has 0 saturated heterocycles. The van der Waals surface area contributed by atoms with Crippen molar-refractivity contribution >= 4 is 17.7 Å². The molecular weight excluding hydrogens is 277 g/mol. The minimum Gasteiger partial charge on any atom is -0.509 e. The molecule has 1 aromatic rings. The van der Waals surface area contributed by atoms with Gasteiger partial charge in [-0.15, -0.1) is 11.8 Å². The number of thioether (sulfide) groups is 1. The third-order valence-corrected chi connectivity index (χ3v) is 4.24. The molecule has 108 valence electrons. The maximum absolute atomic E-state index is 12.8. The zero-order chi connectivity index (χ0) is 14.7. The molecule has 1 aromatic carbocycles. The van der Waals surface area contributed by atoms with Gasteiger partial charge in [0.2, 0.25) is 0 Å². The van der Waals surface area contributed by atoms with E-state index >= 15 is 0 Å². The monoisotopic (exact) mass is 295 g/mol. The molecular formula is C15H18FNO2S. The Morgan fingerprint density at radius 3 is 2.60 bits per heavy atom. The second kappa shape index (κ2) is 6.31. The summed E-state index contributed by atoms with van der Waals surface area (Å²) >= 11 is 1.29. The summed E-state index contributed by atoms with van der Waals surface area (Å²) in [7, 11) is 0. The molecule has 2 rings (SSSR count). The third kappa shape index (κ3) is 3.54. The number of nitrogens with one attached hydrogen (secondary N) is 1. The van der Waals surface area contributed by atoms with Gasteiger partial charge in [0.1, 0.15) is 16.5 Å². The maximum Gasteiger partial charge on any atom is 0.261 e. The van der Waals surface area contributed by atoms with Crippen LogP contribution in [0.25, 0.3) is 0 Å². The van der Waals surface area contributed by atoms with Crippen LogP contribution in [0.1, 0.15) is 25.8 Å². The van der Waals surface area contributed by atoms with Gasteiger partial charge in [0.15, 0.2) is 0 Å². The molecule has 0 radical (unpaired) electrons. The number of hydrogen-bond donors (Lipinski definition) is 2. The summed E-state index contributed by atoms with van der Waals surface area (Å²) in [5.41, 5.74) is 0.914. The van der Waals surface area contributed by atoms with Gasteiger partial charge in [0.25, 0.3) is 5.91 Å². The van der Waals surface area contributed by atoms with Gasteiger partial charge < -0.3 is 10.4 Å². The lowest BCUT2D eigenvalue weighted by Gasteiger charge is -2.12. The lowest BCUT2D eigenvalue weighted by atomic mass is 10.0. The first-order valence-electron chi connectivity index (χ1n) is 6.58. The van der Waals surface area contributed by atoms with E-state index in [0.717, 1.165) is 12.0 Å². The zero-order valence-corrected chi connectivity index (χ0v) is 12.3. The Morgan fingerprint density at radius 1 is 1.35 bits per heavy atom. The van der Waals surface area contributed by atoms with E-state index in [1.807, 2.05) is 13.8 Å². The number of aliphatic hydroxyl groups excluding tert-OH is 1. The first kappa shape index (κ1) is 14.9. The summed E-state index contributed by atoms with van der Waals surface area (Å²) in [6, 6.07) is 5.86. The van der Waals surface area contributed by atoms with Crippen molar-refractivity contribution in [1.29, 1.82) is 0 Å². The predicted octanol–water partition coefficient (Wildman–Crippen LogP) is 3.37. The summed E-state index contributed by atoms with van der Waals surface area (Å²) in [4.78, 5) is 12.2. The van der Waals surface area contributed by atoms with Crippen molar-refractivity contribution in [3.05, 3.63) is 46.3 Å². The summed E-state index contributed by atoms with van der Waals surface area (Å²) in [5, 5.41) is 12.9. The normalized spacial score (nSPS) is 18.8. The predicted molar refractivity (Wildman–Crippen MR) is 78.7 cm³/mol. The van der Waals surface area contributed by atoms with E-state index in [0.29, 0.717) is 16.6 Å². The molecule has 1 unspecified atom stereocenters. The number of carbonyl (C=O) groups excluding carboxylic acids is 1. The molecule has 0 spiro atoms. The molecule has 0 aliphatic carbocycles. The largest absolute Gasteiger partial charge is 0.509 e. The summed E-state index contributed by atoms with van der Waals surface area (Å²) in [6.45, 7) is 4.09. The van der Waals surface area contributed by atoms with E-state index in [4.69, 9.17) is 0 Å². The van der Waals surface area contributed by atoms with Crippen molar-refractivity contribution in [2.24, 2.45) is 5.92 Å². The molecule has 3 nitrogen and oxygen atoms in total. The molecule has 0 saturated carbocycles. The van der Waals surface area contributed by atoms with Crippen LogP contribution in [-0.4, -0.2) is 17.1 Å². The SMILES string of the molecule is CC(C)CC1NC(=O)C(SCc2ccc(F)cc2)=C1O. The van der Waals surface area contributed by atoms with Crippen LogP contribution in [0, 0.1) is 11.7 Å². The van der Waals surface area contributed by atoms with Crippen molar-refractivity contribution in [2.75, 3.05) is 0 Å². The van der Waals surface area contributed by atoms with Crippen molar-refractivity contribution in [3.8, 4) is 0 Å². The second-order valence-electron chi connectivity index (χ2n) is 5.29. The van der Waals surface area contributed by atoms with E-state index in [1.54, 1.807) is 12.1 Å². The summed E-state index contributed by atoms with van der Waals surface area (Å²) in [5.74, 6) is 0.554. The maximum atomic E-state index is 12.8. The second-order valence-corrected chi connectivity index (χ2v) is 6.27. The lowest BCUT2D eigenvalue weighted by Crippen LogP contribution is -2.30. The average Bonchev–Trinajstić information content (AvgIpc) is 2.64. The van der Waals surface area contributed by atoms with Gasteiger partial charge in [-0.1, -0.05) is 26.0 Å². The highest BCUT2D eigenvalue weighted by atomic mass is 32.2. The number of carbonyl (C=O) groups is 1.